The van der Waals surface area contributed by atoms with Crippen molar-refractivity contribution in [2.75, 3.05) is 0 Å². The summed E-state index contributed by atoms with van der Waals surface area (Å²) in [5.41, 5.74) is 2.75. The first-order chi connectivity index (χ1) is 10.6. The van der Waals surface area contributed by atoms with Crippen LogP contribution in [0.1, 0.15) is 53.2 Å². The Hall–Kier alpha value is -2.36. The number of hydrogen-bond donors (Lipinski definition) is 1. The minimum atomic E-state index is -0.915. The Kier molecular flexibility index (Phi) is 4.09. The number of aromatic nitrogens is 1. The Labute approximate surface area is 130 Å². The summed E-state index contributed by atoms with van der Waals surface area (Å²) >= 11 is 0. The summed E-state index contributed by atoms with van der Waals surface area (Å²) < 4.78 is 2.27. The molecule has 4 nitrogen and oxygen atoms in total. The Morgan fingerprint density at radius 1 is 1.32 bits per heavy atom. The van der Waals surface area contributed by atoms with E-state index in [1.165, 1.54) is 25.7 Å². The predicted molar refractivity (Wildman–Crippen MR) is 87.3 cm³/mol. The second kappa shape index (κ2) is 6.18. The summed E-state index contributed by atoms with van der Waals surface area (Å²) in [6.45, 7) is 1.79. The van der Waals surface area contributed by atoms with Crippen molar-refractivity contribution in [3.8, 4) is 0 Å². The van der Waals surface area contributed by atoms with Crippen molar-refractivity contribution in [3.05, 3.63) is 53.3 Å². The highest BCUT2D eigenvalue weighted by Gasteiger charge is 2.16. The average molecular weight is 296 g/mol. The number of carbonyl (C=O) groups is 1. The van der Waals surface area contributed by atoms with Gasteiger partial charge in [0.2, 0.25) is 0 Å². The molecule has 0 unspecified atom stereocenters. The van der Waals surface area contributed by atoms with Crippen molar-refractivity contribution in [2.24, 2.45) is 4.99 Å². The highest BCUT2D eigenvalue weighted by Crippen LogP contribution is 2.29. The number of carboxylic acid groups (broad SMARTS) is 1. The Bertz CT molecular complexity index is 710. The minimum Gasteiger partial charge on any atom is -0.478 e. The molecule has 1 aliphatic carbocycles. The first kappa shape index (κ1) is 14.6. The van der Waals surface area contributed by atoms with E-state index >= 15 is 0 Å². The SMILES string of the molecule is Cc1c(N=Cc2ccn(C3CCCC3)c2)cccc1C(=O)O. The lowest BCUT2D eigenvalue weighted by molar-refractivity contribution is 0.0696. The van der Waals surface area contributed by atoms with Gasteiger partial charge in [0.1, 0.15) is 0 Å². The number of benzene rings is 1. The summed E-state index contributed by atoms with van der Waals surface area (Å²) in [5.74, 6) is -0.915. The van der Waals surface area contributed by atoms with Crippen LogP contribution in [0.25, 0.3) is 0 Å². The fourth-order valence-electron chi connectivity index (χ4n) is 3.08. The molecule has 0 bridgehead atoms. The number of aromatic carboxylic acids is 1. The van der Waals surface area contributed by atoms with Gasteiger partial charge in [0.25, 0.3) is 0 Å². The summed E-state index contributed by atoms with van der Waals surface area (Å²) in [7, 11) is 0. The van der Waals surface area contributed by atoms with Crippen LogP contribution in [0.5, 0.6) is 0 Å². The molecule has 1 aromatic carbocycles. The average Bonchev–Trinajstić information content (AvgIpc) is 3.17. The van der Waals surface area contributed by atoms with E-state index in [2.05, 4.69) is 28.0 Å². The van der Waals surface area contributed by atoms with Gasteiger partial charge in [0.15, 0.2) is 0 Å². The van der Waals surface area contributed by atoms with Crippen LogP contribution in [0.15, 0.2) is 41.7 Å². The van der Waals surface area contributed by atoms with E-state index in [0.29, 0.717) is 22.9 Å². The molecule has 1 saturated carbocycles. The third-order valence-corrected chi connectivity index (χ3v) is 4.37. The van der Waals surface area contributed by atoms with Gasteiger partial charge in [-0.3, -0.25) is 4.99 Å². The molecule has 1 heterocycles. The maximum absolute atomic E-state index is 11.1. The zero-order chi connectivity index (χ0) is 15.5. The van der Waals surface area contributed by atoms with Crippen LogP contribution in [0.3, 0.4) is 0 Å². The summed E-state index contributed by atoms with van der Waals surface area (Å²) in [4.78, 5) is 15.6. The van der Waals surface area contributed by atoms with Crippen molar-refractivity contribution in [2.45, 2.75) is 38.6 Å². The number of carboxylic acids is 1. The van der Waals surface area contributed by atoms with E-state index in [0.717, 1.165) is 5.56 Å². The molecule has 0 atom stereocenters. The van der Waals surface area contributed by atoms with Crippen LogP contribution >= 0.6 is 0 Å². The lowest BCUT2D eigenvalue weighted by Crippen LogP contribution is -2.00. The molecule has 22 heavy (non-hydrogen) atoms. The molecule has 114 valence electrons. The number of hydrogen-bond acceptors (Lipinski definition) is 2. The van der Waals surface area contributed by atoms with E-state index < -0.39 is 5.97 Å². The fraction of sp³-hybridized carbons (Fsp3) is 0.333. The molecule has 0 aliphatic heterocycles. The molecule has 3 rings (SSSR count). The van der Waals surface area contributed by atoms with Crippen molar-refractivity contribution in [1.82, 2.24) is 4.57 Å². The van der Waals surface area contributed by atoms with Gasteiger partial charge >= 0.3 is 5.97 Å². The molecule has 4 heteroatoms. The molecular formula is C18H20N2O2. The highest BCUT2D eigenvalue weighted by atomic mass is 16.4. The standard InChI is InChI=1S/C18H20N2O2/c1-13-16(18(21)22)7-4-8-17(13)19-11-14-9-10-20(12-14)15-5-2-3-6-15/h4,7-12,15H,2-3,5-6H2,1H3,(H,21,22). The predicted octanol–water partition coefficient (Wildman–Crippen LogP) is 4.36. The van der Waals surface area contributed by atoms with Gasteiger partial charge < -0.3 is 9.67 Å². The third kappa shape index (κ3) is 2.96. The Balaban J connectivity index is 1.79. The van der Waals surface area contributed by atoms with E-state index in [-0.39, 0.29) is 0 Å². The van der Waals surface area contributed by atoms with Crippen LogP contribution in [0.4, 0.5) is 5.69 Å². The third-order valence-electron chi connectivity index (χ3n) is 4.37. The highest BCUT2D eigenvalue weighted by molar-refractivity contribution is 5.91. The fourth-order valence-corrected chi connectivity index (χ4v) is 3.08. The minimum absolute atomic E-state index is 0.304. The molecule has 0 saturated heterocycles. The van der Waals surface area contributed by atoms with Crippen LogP contribution in [0.2, 0.25) is 0 Å². The molecule has 0 spiro atoms. The quantitative estimate of drug-likeness (QED) is 0.852. The number of nitrogens with zero attached hydrogens (tertiary/aromatic N) is 2. The van der Waals surface area contributed by atoms with Gasteiger partial charge in [-0.25, -0.2) is 4.79 Å². The zero-order valence-electron chi connectivity index (χ0n) is 12.7. The van der Waals surface area contributed by atoms with Gasteiger partial charge in [-0.15, -0.1) is 0 Å². The van der Waals surface area contributed by atoms with Crippen molar-refractivity contribution in [1.29, 1.82) is 0 Å². The molecule has 0 radical (unpaired) electrons. The smallest absolute Gasteiger partial charge is 0.336 e. The maximum atomic E-state index is 11.1. The van der Waals surface area contributed by atoms with E-state index in [4.69, 9.17) is 5.11 Å². The topological polar surface area (TPSA) is 54.6 Å². The van der Waals surface area contributed by atoms with E-state index in [1.807, 2.05) is 6.07 Å². The zero-order valence-corrected chi connectivity index (χ0v) is 12.7. The lowest BCUT2D eigenvalue weighted by Gasteiger charge is -2.10. The van der Waals surface area contributed by atoms with Crippen molar-refractivity contribution >= 4 is 17.9 Å². The first-order valence-electron chi connectivity index (χ1n) is 7.69. The van der Waals surface area contributed by atoms with Crippen LogP contribution in [-0.4, -0.2) is 21.9 Å². The second-order valence-electron chi connectivity index (χ2n) is 5.84. The van der Waals surface area contributed by atoms with E-state index in [1.54, 1.807) is 25.3 Å². The molecular weight excluding hydrogens is 276 g/mol. The largest absolute Gasteiger partial charge is 0.478 e. The van der Waals surface area contributed by atoms with Gasteiger partial charge in [0, 0.05) is 30.2 Å². The summed E-state index contributed by atoms with van der Waals surface area (Å²) in [5, 5.41) is 9.14. The maximum Gasteiger partial charge on any atom is 0.336 e. The molecule has 0 amide bonds. The molecule has 1 aromatic heterocycles. The molecule has 1 N–H and O–H groups in total. The normalized spacial score (nSPS) is 15.7. The lowest BCUT2D eigenvalue weighted by atomic mass is 10.1. The van der Waals surface area contributed by atoms with Gasteiger partial charge in [-0.1, -0.05) is 18.9 Å². The first-order valence-corrected chi connectivity index (χ1v) is 7.69. The van der Waals surface area contributed by atoms with Crippen molar-refractivity contribution < 1.29 is 9.90 Å². The monoisotopic (exact) mass is 296 g/mol. The summed E-state index contributed by atoms with van der Waals surface area (Å²) in [6, 6.07) is 7.85. The van der Waals surface area contributed by atoms with Crippen LogP contribution < -0.4 is 0 Å². The van der Waals surface area contributed by atoms with Gasteiger partial charge in [-0.2, -0.15) is 0 Å². The Morgan fingerprint density at radius 3 is 2.82 bits per heavy atom. The van der Waals surface area contributed by atoms with E-state index in [9.17, 15) is 4.79 Å². The van der Waals surface area contributed by atoms with Crippen LogP contribution in [-0.2, 0) is 0 Å². The van der Waals surface area contributed by atoms with Gasteiger partial charge in [0.05, 0.1) is 11.3 Å². The Morgan fingerprint density at radius 2 is 2.09 bits per heavy atom. The second-order valence-corrected chi connectivity index (χ2v) is 5.84. The number of aliphatic imine (C=N–C) groups is 1. The van der Waals surface area contributed by atoms with Crippen LogP contribution in [0, 0.1) is 6.92 Å². The molecule has 1 aliphatic rings. The van der Waals surface area contributed by atoms with Crippen molar-refractivity contribution in [3.63, 3.8) is 0 Å². The van der Waals surface area contributed by atoms with Gasteiger partial charge in [-0.05, 0) is 43.5 Å². The number of rotatable bonds is 4. The molecule has 1 fully saturated rings. The molecule has 2 aromatic rings. The summed E-state index contributed by atoms with van der Waals surface area (Å²) in [6.07, 6.45) is 11.2.